The fraction of sp³-hybridized carbons (Fsp3) is 0. The van der Waals surface area contributed by atoms with E-state index in [9.17, 15) is 0 Å². The van der Waals surface area contributed by atoms with Crippen LogP contribution < -0.4 is 9.47 Å². The molecule has 0 aliphatic rings. The van der Waals surface area contributed by atoms with Crippen LogP contribution in [0.15, 0.2) is 66.4 Å². The zero-order chi connectivity index (χ0) is 15.5. The van der Waals surface area contributed by atoms with Crippen molar-refractivity contribution < 1.29 is 9.47 Å². The summed E-state index contributed by atoms with van der Waals surface area (Å²) in [6.45, 7) is 0. The van der Waals surface area contributed by atoms with Crippen molar-refractivity contribution in [3.8, 4) is 23.3 Å². The largest absolute Gasteiger partial charge is 0.439 e. The van der Waals surface area contributed by atoms with E-state index in [1.807, 2.05) is 47.8 Å². The van der Waals surface area contributed by atoms with E-state index in [1.54, 1.807) is 23.6 Å². The minimum atomic E-state index is 0.551. The standard InChI is InChI=1S/C17H11N3O2S/c1-2-9-18-15(3-1)21-12-4-6-13(7-5-12)22-16-14-8-10-23-17(14)20-11-19-16/h1-11H. The summed E-state index contributed by atoms with van der Waals surface area (Å²) < 4.78 is 11.5. The van der Waals surface area contributed by atoms with Gasteiger partial charge in [0.15, 0.2) is 0 Å². The first-order chi connectivity index (χ1) is 11.4. The maximum Gasteiger partial charge on any atom is 0.231 e. The summed E-state index contributed by atoms with van der Waals surface area (Å²) in [5, 5.41) is 2.88. The summed E-state index contributed by atoms with van der Waals surface area (Å²) in [4.78, 5) is 13.4. The van der Waals surface area contributed by atoms with Gasteiger partial charge in [-0.05, 0) is 41.8 Å². The first kappa shape index (κ1) is 13.7. The number of hydrogen-bond donors (Lipinski definition) is 0. The molecular weight excluding hydrogens is 310 g/mol. The van der Waals surface area contributed by atoms with Crippen molar-refractivity contribution >= 4 is 21.6 Å². The third-order valence-corrected chi connectivity index (χ3v) is 3.94. The molecule has 0 saturated carbocycles. The third-order valence-electron chi connectivity index (χ3n) is 3.12. The Hall–Kier alpha value is -2.99. The molecule has 0 bridgehead atoms. The van der Waals surface area contributed by atoms with E-state index < -0.39 is 0 Å². The molecule has 0 fully saturated rings. The van der Waals surface area contributed by atoms with Crippen LogP contribution in [-0.4, -0.2) is 15.0 Å². The zero-order valence-electron chi connectivity index (χ0n) is 11.9. The predicted molar refractivity (Wildman–Crippen MR) is 88.2 cm³/mol. The Kier molecular flexibility index (Phi) is 3.57. The van der Waals surface area contributed by atoms with Crippen molar-refractivity contribution in [2.24, 2.45) is 0 Å². The Morgan fingerprint density at radius 1 is 0.783 bits per heavy atom. The van der Waals surface area contributed by atoms with E-state index in [2.05, 4.69) is 15.0 Å². The molecule has 0 amide bonds. The maximum absolute atomic E-state index is 5.84. The van der Waals surface area contributed by atoms with Crippen LogP contribution in [-0.2, 0) is 0 Å². The second-order valence-corrected chi connectivity index (χ2v) is 5.56. The van der Waals surface area contributed by atoms with Crippen LogP contribution in [0.4, 0.5) is 0 Å². The Labute approximate surface area is 136 Å². The van der Waals surface area contributed by atoms with E-state index in [0.29, 0.717) is 23.3 Å². The average Bonchev–Trinajstić information content (AvgIpc) is 3.07. The van der Waals surface area contributed by atoms with Crippen molar-refractivity contribution in [1.29, 1.82) is 0 Å². The van der Waals surface area contributed by atoms with Gasteiger partial charge in [-0.3, -0.25) is 0 Å². The highest BCUT2D eigenvalue weighted by Crippen LogP contribution is 2.30. The number of rotatable bonds is 4. The molecule has 0 aliphatic heterocycles. The molecule has 4 rings (SSSR count). The van der Waals surface area contributed by atoms with Crippen molar-refractivity contribution in [2.75, 3.05) is 0 Å². The maximum atomic E-state index is 5.84. The minimum absolute atomic E-state index is 0.551. The molecule has 6 heteroatoms. The van der Waals surface area contributed by atoms with Gasteiger partial charge >= 0.3 is 0 Å². The second kappa shape index (κ2) is 6.02. The molecule has 1 aromatic carbocycles. The molecule has 112 valence electrons. The lowest BCUT2D eigenvalue weighted by Gasteiger charge is -2.07. The zero-order valence-corrected chi connectivity index (χ0v) is 12.7. The number of hydrogen-bond acceptors (Lipinski definition) is 6. The van der Waals surface area contributed by atoms with Gasteiger partial charge in [0.05, 0.1) is 5.39 Å². The van der Waals surface area contributed by atoms with E-state index in [-0.39, 0.29) is 0 Å². The molecule has 3 aromatic heterocycles. The van der Waals surface area contributed by atoms with Crippen molar-refractivity contribution in [1.82, 2.24) is 15.0 Å². The molecule has 5 nitrogen and oxygen atoms in total. The number of thiophene rings is 1. The van der Waals surface area contributed by atoms with Crippen LogP contribution in [0.25, 0.3) is 10.2 Å². The van der Waals surface area contributed by atoms with Gasteiger partial charge in [-0.1, -0.05) is 6.07 Å². The first-order valence-electron chi connectivity index (χ1n) is 6.93. The second-order valence-electron chi connectivity index (χ2n) is 4.66. The quantitative estimate of drug-likeness (QED) is 0.546. The lowest BCUT2D eigenvalue weighted by molar-refractivity contribution is 0.453. The van der Waals surface area contributed by atoms with Crippen molar-refractivity contribution in [3.63, 3.8) is 0 Å². The number of ether oxygens (including phenoxy) is 2. The van der Waals surface area contributed by atoms with Gasteiger partial charge in [0.1, 0.15) is 22.7 Å². The summed E-state index contributed by atoms with van der Waals surface area (Å²) in [5.74, 6) is 2.48. The molecule has 0 saturated heterocycles. The molecule has 4 aromatic rings. The smallest absolute Gasteiger partial charge is 0.231 e. The van der Waals surface area contributed by atoms with E-state index in [0.717, 1.165) is 10.2 Å². The van der Waals surface area contributed by atoms with Crippen LogP contribution in [0.2, 0.25) is 0 Å². The number of pyridine rings is 1. The molecular formula is C17H11N3O2S. The summed E-state index contributed by atoms with van der Waals surface area (Å²) in [6.07, 6.45) is 3.20. The molecule has 3 heterocycles. The van der Waals surface area contributed by atoms with Crippen LogP contribution in [0, 0.1) is 0 Å². The first-order valence-corrected chi connectivity index (χ1v) is 7.81. The Balaban J connectivity index is 1.53. The fourth-order valence-electron chi connectivity index (χ4n) is 2.06. The van der Waals surface area contributed by atoms with Crippen LogP contribution in [0.1, 0.15) is 0 Å². The number of benzene rings is 1. The van der Waals surface area contributed by atoms with Gasteiger partial charge in [0, 0.05) is 12.3 Å². The fourth-order valence-corrected chi connectivity index (χ4v) is 2.79. The molecule has 0 N–H and O–H groups in total. The molecule has 0 aliphatic carbocycles. The van der Waals surface area contributed by atoms with Gasteiger partial charge < -0.3 is 9.47 Å². The average molecular weight is 321 g/mol. The monoisotopic (exact) mass is 321 g/mol. The summed E-state index contributed by atoms with van der Waals surface area (Å²) in [6, 6.07) is 14.8. The van der Waals surface area contributed by atoms with Crippen molar-refractivity contribution in [2.45, 2.75) is 0 Å². The molecule has 0 radical (unpaired) electrons. The number of aromatic nitrogens is 3. The lowest BCUT2D eigenvalue weighted by atomic mass is 10.3. The Morgan fingerprint density at radius 3 is 2.39 bits per heavy atom. The molecule has 23 heavy (non-hydrogen) atoms. The highest BCUT2D eigenvalue weighted by atomic mass is 32.1. The lowest BCUT2D eigenvalue weighted by Crippen LogP contribution is -1.90. The minimum Gasteiger partial charge on any atom is -0.439 e. The van der Waals surface area contributed by atoms with Crippen LogP contribution >= 0.6 is 11.3 Å². The SMILES string of the molecule is c1ccc(Oc2ccc(Oc3ncnc4sccc34)cc2)nc1. The van der Waals surface area contributed by atoms with E-state index >= 15 is 0 Å². The van der Waals surface area contributed by atoms with Gasteiger partial charge in [0.2, 0.25) is 11.8 Å². The number of fused-ring (bicyclic) bond motifs is 1. The summed E-state index contributed by atoms with van der Waals surface area (Å²) in [5.41, 5.74) is 0. The summed E-state index contributed by atoms with van der Waals surface area (Å²) in [7, 11) is 0. The predicted octanol–water partition coefficient (Wildman–Crippen LogP) is 4.67. The van der Waals surface area contributed by atoms with Gasteiger partial charge in [-0.25, -0.2) is 15.0 Å². The highest BCUT2D eigenvalue weighted by Gasteiger charge is 2.07. The van der Waals surface area contributed by atoms with Gasteiger partial charge in [0.25, 0.3) is 0 Å². The normalized spacial score (nSPS) is 10.6. The van der Waals surface area contributed by atoms with Gasteiger partial charge in [-0.2, -0.15) is 0 Å². The topological polar surface area (TPSA) is 57.1 Å². The highest BCUT2D eigenvalue weighted by molar-refractivity contribution is 7.16. The Morgan fingerprint density at radius 2 is 1.61 bits per heavy atom. The molecule has 0 unspecified atom stereocenters. The van der Waals surface area contributed by atoms with Crippen molar-refractivity contribution in [3.05, 3.63) is 66.4 Å². The van der Waals surface area contributed by atoms with Crippen LogP contribution in [0.3, 0.4) is 0 Å². The third kappa shape index (κ3) is 2.97. The molecule has 0 spiro atoms. The summed E-state index contributed by atoms with van der Waals surface area (Å²) >= 11 is 1.56. The Bertz CT molecular complexity index is 923. The van der Waals surface area contributed by atoms with E-state index in [1.165, 1.54) is 6.33 Å². The van der Waals surface area contributed by atoms with E-state index in [4.69, 9.17) is 9.47 Å². The number of nitrogens with zero attached hydrogens (tertiary/aromatic N) is 3. The van der Waals surface area contributed by atoms with Crippen LogP contribution in [0.5, 0.6) is 23.3 Å². The van der Waals surface area contributed by atoms with Gasteiger partial charge in [-0.15, -0.1) is 11.3 Å². The molecule has 0 atom stereocenters.